The molecule has 1 aromatic carbocycles. The van der Waals surface area contributed by atoms with Gasteiger partial charge in [0.15, 0.2) is 0 Å². The van der Waals surface area contributed by atoms with Gasteiger partial charge in [-0.05, 0) is 49.6 Å². The second-order valence-electron chi connectivity index (χ2n) is 6.34. The number of hydrogen-bond acceptors (Lipinski definition) is 5. The van der Waals surface area contributed by atoms with E-state index in [1.807, 2.05) is 39.0 Å². The number of rotatable bonds is 4. The maximum absolute atomic E-state index is 13.0. The first-order valence-electron chi connectivity index (χ1n) is 8.05. The molecule has 1 aromatic heterocycles. The number of nitrogens with zero attached hydrogens (tertiary/aromatic N) is 4. The molecule has 0 unspecified atom stereocenters. The number of anilines is 2. The van der Waals surface area contributed by atoms with E-state index < -0.39 is 5.41 Å². The number of aromatic nitrogens is 2. The van der Waals surface area contributed by atoms with Gasteiger partial charge in [-0.2, -0.15) is 0 Å². The fourth-order valence-corrected chi connectivity index (χ4v) is 3.05. The van der Waals surface area contributed by atoms with Crippen molar-refractivity contribution in [3.63, 3.8) is 0 Å². The Morgan fingerprint density at radius 2 is 2.00 bits per heavy atom. The highest BCUT2D eigenvalue weighted by Gasteiger charge is 2.44. The van der Waals surface area contributed by atoms with Crippen LogP contribution in [0.2, 0.25) is 5.28 Å². The van der Waals surface area contributed by atoms with E-state index in [2.05, 4.69) is 15.0 Å². The Kier molecular flexibility index (Phi) is 4.70. The Labute approximate surface area is 156 Å². The van der Waals surface area contributed by atoms with Gasteiger partial charge in [-0.15, -0.1) is 0 Å². The van der Waals surface area contributed by atoms with E-state index in [0.29, 0.717) is 11.3 Å². The van der Waals surface area contributed by atoms with E-state index in [1.54, 1.807) is 17.3 Å². The zero-order valence-corrected chi connectivity index (χ0v) is 15.4. The fourth-order valence-electron chi connectivity index (χ4n) is 2.96. The Morgan fingerprint density at radius 3 is 2.62 bits per heavy atom. The molecule has 26 heavy (non-hydrogen) atoms. The van der Waals surface area contributed by atoms with Crippen molar-refractivity contribution >= 4 is 46.9 Å². The van der Waals surface area contributed by atoms with Crippen LogP contribution >= 0.6 is 11.6 Å². The summed E-state index contributed by atoms with van der Waals surface area (Å²) in [6.45, 7) is 5.59. The normalized spacial score (nSPS) is 16.2. The minimum absolute atomic E-state index is 0.0671. The minimum atomic E-state index is -0.677. The van der Waals surface area contributed by atoms with Crippen LogP contribution in [-0.2, 0) is 10.2 Å². The van der Waals surface area contributed by atoms with Crippen LogP contribution in [0.4, 0.5) is 11.4 Å². The van der Waals surface area contributed by atoms with Crippen LogP contribution in [0.25, 0.3) is 5.57 Å². The lowest BCUT2D eigenvalue weighted by Crippen LogP contribution is -2.33. The molecular weight excluding hydrogens is 350 g/mol. The number of hydrogen-bond donors (Lipinski definition) is 1. The first-order chi connectivity index (χ1) is 12.4. The van der Waals surface area contributed by atoms with E-state index in [9.17, 15) is 4.79 Å². The molecule has 1 aliphatic rings. The lowest BCUT2D eigenvalue weighted by molar-refractivity contribution is -0.121. The Balaban J connectivity index is 2.17. The largest absolute Gasteiger partial charge is 0.308 e. The van der Waals surface area contributed by atoms with Crippen LogP contribution in [0.5, 0.6) is 0 Å². The van der Waals surface area contributed by atoms with E-state index >= 15 is 0 Å². The SMILES string of the molecule is C/C=N/C=C(\C=N)c1ccc2c(c1)N(c1cnc(Cl)nc1)C(=O)C2(C)C. The average molecular weight is 368 g/mol. The fraction of sp³-hybridized carbons (Fsp3) is 0.211. The van der Waals surface area contributed by atoms with E-state index in [1.165, 1.54) is 18.6 Å². The Hall–Kier alpha value is -2.86. The molecule has 1 amide bonds. The molecule has 7 heteroatoms. The van der Waals surface area contributed by atoms with E-state index in [-0.39, 0.29) is 11.2 Å². The van der Waals surface area contributed by atoms with Gasteiger partial charge in [0.1, 0.15) is 0 Å². The first kappa shape index (κ1) is 17.9. The summed E-state index contributed by atoms with van der Waals surface area (Å²) in [5.41, 5.74) is 2.98. The number of nitrogens with one attached hydrogen (secondary N) is 1. The van der Waals surface area contributed by atoms with Crippen molar-refractivity contribution in [1.29, 1.82) is 5.41 Å². The van der Waals surface area contributed by atoms with E-state index in [0.717, 1.165) is 16.8 Å². The molecule has 1 N–H and O–H groups in total. The molecule has 0 radical (unpaired) electrons. The number of allylic oxidation sites excluding steroid dienone is 1. The molecule has 0 atom stereocenters. The summed E-state index contributed by atoms with van der Waals surface area (Å²) in [5, 5.41) is 7.77. The quantitative estimate of drug-likeness (QED) is 0.650. The number of amides is 1. The number of carbonyl (C=O) groups is 1. The van der Waals surface area contributed by atoms with Gasteiger partial charge >= 0.3 is 0 Å². The predicted molar refractivity (Wildman–Crippen MR) is 105 cm³/mol. The second kappa shape index (κ2) is 6.80. The number of halogens is 1. The van der Waals surface area contributed by atoms with Gasteiger partial charge in [-0.1, -0.05) is 12.1 Å². The third-order valence-electron chi connectivity index (χ3n) is 4.37. The predicted octanol–water partition coefficient (Wildman–Crippen LogP) is 4.17. The van der Waals surface area contributed by atoms with Crippen molar-refractivity contribution in [2.75, 3.05) is 4.90 Å². The molecule has 0 spiro atoms. The molecule has 6 nitrogen and oxygen atoms in total. The van der Waals surface area contributed by atoms with Crippen molar-refractivity contribution in [2.24, 2.45) is 4.99 Å². The van der Waals surface area contributed by atoms with Crippen molar-refractivity contribution in [1.82, 2.24) is 9.97 Å². The molecule has 0 fully saturated rings. The van der Waals surface area contributed by atoms with Gasteiger partial charge in [0, 0.05) is 24.2 Å². The third-order valence-corrected chi connectivity index (χ3v) is 4.56. The van der Waals surface area contributed by atoms with Gasteiger partial charge in [0.25, 0.3) is 0 Å². The van der Waals surface area contributed by atoms with Gasteiger partial charge in [0.05, 0.1) is 29.2 Å². The van der Waals surface area contributed by atoms with Gasteiger partial charge in [0.2, 0.25) is 11.2 Å². The second-order valence-corrected chi connectivity index (χ2v) is 6.68. The lowest BCUT2D eigenvalue weighted by Gasteiger charge is -2.19. The summed E-state index contributed by atoms with van der Waals surface area (Å²) in [4.78, 5) is 26.7. The number of benzene rings is 1. The van der Waals surface area contributed by atoms with Crippen LogP contribution in [-0.4, -0.2) is 28.3 Å². The average Bonchev–Trinajstić information content (AvgIpc) is 2.83. The Bertz CT molecular complexity index is 931. The van der Waals surface area contributed by atoms with Gasteiger partial charge in [-0.3, -0.25) is 14.7 Å². The van der Waals surface area contributed by atoms with Gasteiger partial charge in [-0.25, -0.2) is 9.97 Å². The maximum Gasteiger partial charge on any atom is 0.241 e. The molecule has 2 heterocycles. The highest BCUT2D eigenvalue weighted by molar-refractivity contribution is 6.28. The standard InChI is InChI=1S/C19H18ClN5O/c1-4-22-9-13(8-21)12-5-6-15-16(7-12)25(17(26)19(15,2)3)14-10-23-18(20)24-11-14/h4-11,21H,1-3H3/b13-9+,21-8?,22-4+. The third kappa shape index (κ3) is 2.93. The first-order valence-corrected chi connectivity index (χ1v) is 8.43. The summed E-state index contributed by atoms with van der Waals surface area (Å²) in [6.07, 6.45) is 7.57. The van der Waals surface area contributed by atoms with Crippen LogP contribution < -0.4 is 4.90 Å². The summed E-state index contributed by atoms with van der Waals surface area (Å²) >= 11 is 5.77. The molecule has 3 rings (SSSR count). The Morgan fingerprint density at radius 1 is 1.31 bits per heavy atom. The van der Waals surface area contributed by atoms with E-state index in [4.69, 9.17) is 17.0 Å². The highest BCUT2D eigenvalue weighted by atomic mass is 35.5. The van der Waals surface area contributed by atoms with Crippen molar-refractivity contribution in [3.05, 3.63) is 53.2 Å². The molecule has 1 aliphatic heterocycles. The van der Waals surface area contributed by atoms with Crippen molar-refractivity contribution in [2.45, 2.75) is 26.2 Å². The molecule has 0 aliphatic carbocycles. The smallest absolute Gasteiger partial charge is 0.241 e. The maximum atomic E-state index is 13.0. The molecule has 0 saturated heterocycles. The van der Waals surface area contributed by atoms with Crippen molar-refractivity contribution in [3.8, 4) is 0 Å². The number of aliphatic imine (C=N–C) groups is 1. The van der Waals surface area contributed by atoms with Crippen LogP contribution in [0.15, 0.2) is 41.8 Å². The summed E-state index contributed by atoms with van der Waals surface area (Å²) < 4.78 is 0. The van der Waals surface area contributed by atoms with Gasteiger partial charge < -0.3 is 5.41 Å². The van der Waals surface area contributed by atoms with Crippen LogP contribution in [0, 0.1) is 5.41 Å². The van der Waals surface area contributed by atoms with Crippen molar-refractivity contribution < 1.29 is 4.79 Å². The van der Waals surface area contributed by atoms with Crippen LogP contribution in [0.1, 0.15) is 31.9 Å². The zero-order valence-electron chi connectivity index (χ0n) is 14.7. The monoisotopic (exact) mass is 367 g/mol. The lowest BCUT2D eigenvalue weighted by atomic mass is 9.85. The zero-order chi connectivity index (χ0) is 18.9. The number of carbonyl (C=O) groups excluding carboxylic acids is 1. The highest BCUT2D eigenvalue weighted by Crippen LogP contribution is 2.45. The summed E-state index contributed by atoms with van der Waals surface area (Å²) in [5.74, 6) is -0.0671. The number of fused-ring (bicyclic) bond motifs is 1. The molecule has 0 bridgehead atoms. The molecular formula is C19H18ClN5O. The van der Waals surface area contributed by atoms with Crippen LogP contribution in [0.3, 0.4) is 0 Å². The summed E-state index contributed by atoms with van der Waals surface area (Å²) in [6, 6.07) is 5.71. The minimum Gasteiger partial charge on any atom is -0.308 e. The summed E-state index contributed by atoms with van der Waals surface area (Å²) in [7, 11) is 0. The molecule has 0 saturated carbocycles. The topological polar surface area (TPSA) is 82.3 Å². The molecule has 2 aromatic rings. The molecule has 132 valence electrons.